The van der Waals surface area contributed by atoms with Gasteiger partial charge in [-0.25, -0.2) is 0 Å². The number of benzene rings is 3. The van der Waals surface area contributed by atoms with Crippen LogP contribution >= 0.6 is 0 Å². The van der Waals surface area contributed by atoms with Crippen LogP contribution in [0.4, 0.5) is 5.69 Å². The molecule has 0 unspecified atom stereocenters. The lowest BCUT2D eigenvalue weighted by atomic mass is 10.1. The smallest absolute Gasteiger partial charge is 0.137 e. The Morgan fingerprint density at radius 3 is 2.15 bits per heavy atom. The molecule has 1 heterocycles. The molecule has 3 heteroatoms. The number of anilines is 1. The Balaban J connectivity index is 1.92. The van der Waals surface area contributed by atoms with Gasteiger partial charge in [0, 0.05) is 17.0 Å². The lowest BCUT2D eigenvalue weighted by Crippen LogP contribution is -2.08. The second kappa shape index (κ2) is 6.89. The first-order chi connectivity index (χ1) is 12.7. The Morgan fingerprint density at radius 1 is 0.769 bits per heavy atom. The first-order valence-corrected chi connectivity index (χ1v) is 8.66. The van der Waals surface area contributed by atoms with Gasteiger partial charge < -0.3 is 4.42 Å². The molecule has 4 aromatic rings. The summed E-state index contributed by atoms with van der Waals surface area (Å²) in [7, 11) is 0. The topological polar surface area (TPSA) is 37.5 Å². The van der Waals surface area contributed by atoms with E-state index in [-0.39, 0.29) is 0 Å². The number of para-hydroxylation sites is 1. The second-order valence-corrected chi connectivity index (χ2v) is 6.38. The summed E-state index contributed by atoms with van der Waals surface area (Å²) < 4.78 is 6.19. The van der Waals surface area contributed by atoms with Crippen LogP contribution in [0.15, 0.2) is 88.4 Å². The Bertz CT molecular complexity index is 1110. The fourth-order valence-electron chi connectivity index (χ4n) is 2.90. The predicted octanol–water partition coefficient (Wildman–Crippen LogP) is 5.64. The summed E-state index contributed by atoms with van der Waals surface area (Å²) in [4.78, 5) is 0. The molecule has 0 aliphatic heterocycles. The van der Waals surface area contributed by atoms with Crippen molar-refractivity contribution in [2.45, 2.75) is 13.8 Å². The van der Waals surface area contributed by atoms with Crippen LogP contribution in [0.3, 0.4) is 0 Å². The number of hydrogen-bond acceptors (Lipinski definition) is 3. The van der Waals surface area contributed by atoms with Crippen molar-refractivity contribution in [1.29, 1.82) is 0 Å². The summed E-state index contributed by atoms with van der Waals surface area (Å²) in [6.45, 7) is 4.20. The summed E-state index contributed by atoms with van der Waals surface area (Å²) in [5.41, 5.74) is 8.39. The first kappa shape index (κ1) is 16.2. The normalized spacial score (nSPS) is 11.7. The molecule has 0 fully saturated rings. The van der Waals surface area contributed by atoms with Crippen molar-refractivity contribution in [1.82, 2.24) is 0 Å². The summed E-state index contributed by atoms with van der Waals surface area (Å²) >= 11 is 0. The van der Waals surface area contributed by atoms with Gasteiger partial charge in [-0.2, -0.15) is 5.10 Å². The van der Waals surface area contributed by atoms with Gasteiger partial charge in [-0.05, 0) is 49.2 Å². The quantitative estimate of drug-likeness (QED) is 0.490. The van der Waals surface area contributed by atoms with Crippen LogP contribution in [0.1, 0.15) is 11.1 Å². The lowest BCUT2D eigenvalue weighted by Gasteiger charge is -2.08. The third-order valence-corrected chi connectivity index (χ3v) is 4.50. The van der Waals surface area contributed by atoms with Gasteiger partial charge in [-0.1, -0.05) is 48.5 Å². The zero-order chi connectivity index (χ0) is 17.9. The zero-order valence-corrected chi connectivity index (χ0v) is 14.9. The summed E-state index contributed by atoms with van der Waals surface area (Å²) in [5, 5.41) is 6.51. The molecular weight excluding hydrogens is 320 g/mol. The van der Waals surface area contributed by atoms with Crippen LogP contribution in [0.25, 0.3) is 22.3 Å². The number of nitrogens with one attached hydrogen (secondary N) is 1. The van der Waals surface area contributed by atoms with Gasteiger partial charge in [-0.3, -0.25) is 5.43 Å². The fourth-order valence-corrected chi connectivity index (χ4v) is 2.90. The van der Waals surface area contributed by atoms with Crippen LogP contribution in [-0.4, -0.2) is 0 Å². The van der Waals surface area contributed by atoms with Crippen molar-refractivity contribution >= 4 is 16.7 Å². The van der Waals surface area contributed by atoms with E-state index in [9.17, 15) is 0 Å². The van der Waals surface area contributed by atoms with E-state index in [1.807, 2.05) is 66.7 Å². The Labute approximate surface area is 152 Å². The molecule has 3 nitrogen and oxygen atoms in total. The van der Waals surface area contributed by atoms with E-state index >= 15 is 0 Å². The third kappa shape index (κ3) is 3.24. The number of hydrogen-bond donors (Lipinski definition) is 1. The minimum absolute atomic E-state index is 0.801. The van der Waals surface area contributed by atoms with E-state index in [1.54, 1.807) is 0 Å². The van der Waals surface area contributed by atoms with E-state index in [1.165, 1.54) is 11.1 Å². The van der Waals surface area contributed by atoms with Crippen molar-refractivity contribution in [3.63, 3.8) is 0 Å². The number of nitrogens with zero attached hydrogens (tertiary/aromatic N) is 1. The molecule has 4 rings (SSSR count). The van der Waals surface area contributed by atoms with Gasteiger partial charge >= 0.3 is 0 Å². The Morgan fingerprint density at radius 2 is 1.42 bits per heavy atom. The van der Waals surface area contributed by atoms with Crippen molar-refractivity contribution in [2.24, 2.45) is 5.10 Å². The molecule has 0 aliphatic rings. The van der Waals surface area contributed by atoms with E-state index in [0.717, 1.165) is 33.3 Å². The zero-order valence-electron chi connectivity index (χ0n) is 14.9. The molecule has 0 atom stereocenters. The van der Waals surface area contributed by atoms with Gasteiger partial charge in [-0.15, -0.1) is 0 Å². The van der Waals surface area contributed by atoms with Crippen molar-refractivity contribution in [3.05, 3.63) is 95.3 Å². The summed E-state index contributed by atoms with van der Waals surface area (Å²) in [6, 6.07) is 26.2. The molecule has 0 radical (unpaired) electrons. The van der Waals surface area contributed by atoms with Crippen LogP contribution in [-0.2, 0) is 0 Å². The molecule has 26 heavy (non-hydrogen) atoms. The van der Waals surface area contributed by atoms with Gasteiger partial charge in [0.05, 0.1) is 11.0 Å². The highest BCUT2D eigenvalue weighted by Crippen LogP contribution is 2.24. The molecule has 0 amide bonds. The minimum atomic E-state index is 0.801. The van der Waals surface area contributed by atoms with Gasteiger partial charge in [0.25, 0.3) is 0 Å². The average molecular weight is 340 g/mol. The maximum atomic E-state index is 6.19. The molecule has 3 aromatic carbocycles. The van der Waals surface area contributed by atoms with E-state index < -0.39 is 0 Å². The first-order valence-electron chi connectivity index (χ1n) is 8.66. The molecule has 0 saturated heterocycles. The van der Waals surface area contributed by atoms with Crippen molar-refractivity contribution < 1.29 is 4.42 Å². The van der Waals surface area contributed by atoms with Crippen molar-refractivity contribution in [3.8, 4) is 11.3 Å². The number of fused-ring (bicyclic) bond motifs is 1. The van der Waals surface area contributed by atoms with E-state index in [2.05, 4.69) is 36.5 Å². The van der Waals surface area contributed by atoms with Crippen LogP contribution in [0.2, 0.25) is 0 Å². The molecule has 0 bridgehead atoms. The van der Waals surface area contributed by atoms with Crippen LogP contribution < -0.4 is 10.8 Å². The highest BCUT2D eigenvalue weighted by molar-refractivity contribution is 5.80. The second-order valence-electron chi connectivity index (χ2n) is 6.38. The lowest BCUT2D eigenvalue weighted by molar-refractivity contribution is 0.618. The average Bonchev–Trinajstić information content (AvgIpc) is 2.68. The third-order valence-electron chi connectivity index (χ3n) is 4.50. The summed E-state index contributed by atoms with van der Waals surface area (Å²) in [5.74, 6) is 0.801. The summed E-state index contributed by atoms with van der Waals surface area (Å²) in [6.07, 6.45) is 0. The molecule has 128 valence electrons. The Hall–Kier alpha value is -3.33. The van der Waals surface area contributed by atoms with Crippen molar-refractivity contribution in [2.75, 3.05) is 5.43 Å². The molecule has 0 spiro atoms. The number of aryl methyl sites for hydroxylation is 2. The van der Waals surface area contributed by atoms with E-state index in [4.69, 9.17) is 4.42 Å². The van der Waals surface area contributed by atoms with Gasteiger partial charge in [0.15, 0.2) is 0 Å². The Kier molecular flexibility index (Phi) is 4.28. The van der Waals surface area contributed by atoms with Crippen LogP contribution in [0.5, 0.6) is 0 Å². The monoisotopic (exact) mass is 340 g/mol. The van der Waals surface area contributed by atoms with Crippen LogP contribution in [0, 0.1) is 13.8 Å². The van der Waals surface area contributed by atoms with Gasteiger partial charge in [0.2, 0.25) is 0 Å². The molecular formula is C23H20N2O. The highest BCUT2D eigenvalue weighted by Gasteiger charge is 2.07. The predicted molar refractivity (Wildman–Crippen MR) is 107 cm³/mol. The highest BCUT2D eigenvalue weighted by atomic mass is 16.3. The fraction of sp³-hybridized carbons (Fsp3) is 0.0870. The van der Waals surface area contributed by atoms with Gasteiger partial charge in [0.1, 0.15) is 11.3 Å². The van der Waals surface area contributed by atoms with E-state index in [0.29, 0.717) is 0 Å². The maximum absolute atomic E-state index is 6.19. The molecule has 0 aliphatic carbocycles. The standard InChI is InChI=1S/C23H20N2O/c1-16-13-20-21(25-24-19-11-7-4-8-12-19)15-22(18-9-5-3-6-10-18)26-23(20)14-17(16)2/h3-15,24H,1-2H3/b25-21-. The maximum Gasteiger partial charge on any atom is 0.137 e. The largest absolute Gasteiger partial charge is 0.456 e. The molecule has 0 saturated carbocycles. The minimum Gasteiger partial charge on any atom is -0.456 e. The molecule has 1 N–H and O–H groups in total. The SMILES string of the molecule is Cc1cc2oc(-c3ccccc3)c/c(=N/Nc3ccccc3)c2cc1C. The number of rotatable bonds is 3. The molecule has 1 aromatic heterocycles.